The SMILES string of the molecule is COc1ccc(CCNC(=O)CSc2nc(C)c(Cc3ccccc3F)c(=O)n2C)cc1OC. The molecule has 0 bridgehead atoms. The molecule has 3 aromatic rings. The fourth-order valence-electron chi connectivity index (χ4n) is 3.46. The van der Waals surface area contributed by atoms with Crippen molar-refractivity contribution in [2.45, 2.75) is 24.9 Å². The van der Waals surface area contributed by atoms with Crippen molar-refractivity contribution in [3.05, 3.63) is 81.0 Å². The quantitative estimate of drug-likeness (QED) is 0.351. The van der Waals surface area contributed by atoms with E-state index in [0.29, 0.717) is 46.4 Å². The standard InChI is InChI=1S/C25H28FN3O4S/c1-16-19(14-18-7-5-6-8-20(18)26)24(31)29(2)25(28-16)34-15-23(30)27-12-11-17-9-10-21(32-3)22(13-17)33-4/h5-10,13H,11-12,14-15H2,1-4H3,(H,27,30). The van der Waals surface area contributed by atoms with Crippen molar-refractivity contribution in [2.24, 2.45) is 7.05 Å². The first kappa shape index (κ1) is 25.3. The third-order valence-electron chi connectivity index (χ3n) is 5.39. The summed E-state index contributed by atoms with van der Waals surface area (Å²) in [5, 5.41) is 3.32. The maximum atomic E-state index is 14.0. The highest BCUT2D eigenvalue weighted by atomic mass is 32.2. The Morgan fingerprint density at radius 2 is 1.88 bits per heavy atom. The van der Waals surface area contributed by atoms with Crippen LogP contribution in [0.25, 0.3) is 0 Å². The number of methoxy groups -OCH3 is 2. The summed E-state index contributed by atoms with van der Waals surface area (Å²) in [7, 11) is 4.77. The number of thioether (sulfide) groups is 1. The molecule has 0 unspecified atom stereocenters. The molecule has 1 aromatic heterocycles. The highest BCUT2D eigenvalue weighted by Gasteiger charge is 2.15. The van der Waals surface area contributed by atoms with Crippen LogP contribution in [0.15, 0.2) is 52.4 Å². The molecule has 180 valence electrons. The van der Waals surface area contributed by atoms with Crippen molar-refractivity contribution in [1.29, 1.82) is 0 Å². The lowest BCUT2D eigenvalue weighted by atomic mass is 10.0. The number of hydrogen-bond acceptors (Lipinski definition) is 6. The van der Waals surface area contributed by atoms with E-state index >= 15 is 0 Å². The summed E-state index contributed by atoms with van der Waals surface area (Å²) < 4.78 is 26.0. The Labute approximate surface area is 202 Å². The average molecular weight is 486 g/mol. The van der Waals surface area contributed by atoms with Gasteiger partial charge in [0.1, 0.15) is 5.82 Å². The number of amides is 1. The Morgan fingerprint density at radius 3 is 2.59 bits per heavy atom. The second-order valence-corrected chi connectivity index (χ2v) is 8.61. The number of aryl methyl sites for hydroxylation is 1. The fourth-order valence-corrected chi connectivity index (χ4v) is 4.30. The molecule has 0 atom stereocenters. The topological polar surface area (TPSA) is 82.5 Å². The van der Waals surface area contributed by atoms with E-state index in [4.69, 9.17) is 9.47 Å². The molecule has 0 aliphatic carbocycles. The Bertz CT molecular complexity index is 1230. The highest BCUT2D eigenvalue weighted by molar-refractivity contribution is 7.99. The minimum absolute atomic E-state index is 0.123. The molecule has 0 spiro atoms. The zero-order valence-corrected chi connectivity index (χ0v) is 20.5. The lowest BCUT2D eigenvalue weighted by molar-refractivity contribution is -0.118. The van der Waals surface area contributed by atoms with Gasteiger partial charge in [0.25, 0.3) is 5.56 Å². The van der Waals surface area contributed by atoms with Gasteiger partial charge in [-0.1, -0.05) is 36.0 Å². The van der Waals surface area contributed by atoms with Crippen LogP contribution in [0.3, 0.4) is 0 Å². The van der Waals surface area contributed by atoms with Gasteiger partial charge in [0.05, 0.1) is 20.0 Å². The number of hydrogen-bond donors (Lipinski definition) is 1. The first-order valence-corrected chi connectivity index (χ1v) is 11.7. The monoisotopic (exact) mass is 485 g/mol. The number of rotatable bonds is 10. The van der Waals surface area contributed by atoms with Crippen molar-refractivity contribution in [3.63, 3.8) is 0 Å². The van der Waals surface area contributed by atoms with Gasteiger partial charge in [-0.15, -0.1) is 0 Å². The van der Waals surface area contributed by atoms with Crippen LogP contribution in [0.4, 0.5) is 4.39 Å². The predicted octanol–water partition coefficient (Wildman–Crippen LogP) is 3.29. The minimum Gasteiger partial charge on any atom is -0.493 e. The molecule has 1 N–H and O–H groups in total. The van der Waals surface area contributed by atoms with Crippen LogP contribution in [-0.4, -0.2) is 42.0 Å². The average Bonchev–Trinajstić information content (AvgIpc) is 2.84. The van der Waals surface area contributed by atoms with Gasteiger partial charge in [0.2, 0.25) is 5.91 Å². The Kier molecular flexibility index (Phi) is 8.70. The molecule has 2 aromatic carbocycles. The summed E-state index contributed by atoms with van der Waals surface area (Å²) in [6.45, 7) is 2.19. The van der Waals surface area contributed by atoms with E-state index in [1.54, 1.807) is 46.4 Å². The van der Waals surface area contributed by atoms with Crippen LogP contribution in [0.2, 0.25) is 0 Å². The minimum atomic E-state index is -0.354. The van der Waals surface area contributed by atoms with Gasteiger partial charge in [-0.25, -0.2) is 9.37 Å². The van der Waals surface area contributed by atoms with Gasteiger partial charge in [0, 0.05) is 31.3 Å². The number of nitrogens with one attached hydrogen (secondary N) is 1. The van der Waals surface area contributed by atoms with Crippen molar-refractivity contribution in [1.82, 2.24) is 14.9 Å². The molecule has 0 saturated heterocycles. The summed E-state index contributed by atoms with van der Waals surface area (Å²) in [5.41, 5.74) is 2.18. The molecular weight excluding hydrogens is 457 g/mol. The van der Waals surface area contributed by atoms with Crippen molar-refractivity contribution in [3.8, 4) is 11.5 Å². The van der Waals surface area contributed by atoms with E-state index in [0.717, 1.165) is 5.56 Å². The van der Waals surface area contributed by atoms with Crippen molar-refractivity contribution < 1.29 is 18.7 Å². The molecule has 1 heterocycles. The van der Waals surface area contributed by atoms with Crippen LogP contribution in [0, 0.1) is 12.7 Å². The third kappa shape index (κ3) is 6.17. The van der Waals surface area contributed by atoms with Crippen LogP contribution >= 0.6 is 11.8 Å². The summed E-state index contributed by atoms with van der Waals surface area (Å²) in [5.74, 6) is 0.904. The van der Waals surface area contributed by atoms with Gasteiger partial charge in [-0.05, 0) is 42.7 Å². The molecule has 7 nitrogen and oxygen atoms in total. The second kappa shape index (κ2) is 11.7. The molecule has 0 aliphatic heterocycles. The highest BCUT2D eigenvalue weighted by Crippen LogP contribution is 2.27. The van der Waals surface area contributed by atoms with Gasteiger partial charge in [-0.2, -0.15) is 0 Å². The number of carbonyl (C=O) groups is 1. The second-order valence-electron chi connectivity index (χ2n) is 7.67. The maximum absolute atomic E-state index is 14.0. The molecule has 0 aliphatic rings. The Balaban J connectivity index is 1.57. The predicted molar refractivity (Wildman–Crippen MR) is 130 cm³/mol. The number of aromatic nitrogens is 2. The van der Waals surface area contributed by atoms with Gasteiger partial charge < -0.3 is 14.8 Å². The molecule has 34 heavy (non-hydrogen) atoms. The number of halogens is 1. The molecule has 0 radical (unpaired) electrons. The van der Waals surface area contributed by atoms with Crippen molar-refractivity contribution in [2.75, 3.05) is 26.5 Å². The van der Waals surface area contributed by atoms with Crippen molar-refractivity contribution >= 4 is 17.7 Å². The Hall–Kier alpha value is -3.33. The van der Waals surface area contributed by atoms with Gasteiger partial charge in [-0.3, -0.25) is 14.2 Å². The van der Waals surface area contributed by atoms with Crippen LogP contribution in [0.5, 0.6) is 11.5 Å². The smallest absolute Gasteiger partial charge is 0.257 e. The number of benzene rings is 2. The normalized spacial score (nSPS) is 10.7. The summed E-state index contributed by atoms with van der Waals surface area (Å²) >= 11 is 1.19. The summed E-state index contributed by atoms with van der Waals surface area (Å²) in [6, 6.07) is 12.0. The lowest BCUT2D eigenvalue weighted by Crippen LogP contribution is -2.29. The molecule has 0 saturated carbocycles. The van der Waals surface area contributed by atoms with Crippen LogP contribution < -0.4 is 20.3 Å². The van der Waals surface area contributed by atoms with Gasteiger partial charge in [0.15, 0.2) is 16.7 Å². The number of ether oxygens (including phenoxy) is 2. The lowest BCUT2D eigenvalue weighted by Gasteiger charge is -2.13. The molecule has 0 fully saturated rings. The van der Waals surface area contributed by atoms with E-state index < -0.39 is 0 Å². The van der Waals surface area contributed by atoms with Gasteiger partial charge >= 0.3 is 0 Å². The Morgan fingerprint density at radius 1 is 1.15 bits per heavy atom. The number of carbonyl (C=O) groups excluding carboxylic acids is 1. The number of nitrogens with zero attached hydrogens (tertiary/aromatic N) is 2. The first-order chi connectivity index (χ1) is 16.3. The molecule has 9 heteroatoms. The largest absolute Gasteiger partial charge is 0.493 e. The molecule has 3 rings (SSSR count). The summed E-state index contributed by atoms with van der Waals surface area (Å²) in [6.07, 6.45) is 0.803. The van der Waals surface area contributed by atoms with E-state index in [9.17, 15) is 14.0 Å². The van der Waals surface area contributed by atoms with E-state index in [1.807, 2.05) is 18.2 Å². The van der Waals surface area contributed by atoms with E-state index in [2.05, 4.69) is 10.3 Å². The fraction of sp³-hybridized carbons (Fsp3) is 0.320. The maximum Gasteiger partial charge on any atom is 0.257 e. The molecular formula is C25H28FN3O4S. The van der Waals surface area contributed by atoms with E-state index in [1.165, 1.54) is 22.4 Å². The van der Waals surface area contributed by atoms with E-state index in [-0.39, 0.29) is 29.5 Å². The zero-order chi connectivity index (χ0) is 24.7. The van der Waals surface area contributed by atoms with Crippen LogP contribution in [0.1, 0.15) is 22.4 Å². The van der Waals surface area contributed by atoms with Crippen LogP contribution in [-0.2, 0) is 24.7 Å². The third-order valence-corrected chi connectivity index (χ3v) is 6.42. The summed E-state index contributed by atoms with van der Waals surface area (Å²) in [4.78, 5) is 29.7. The first-order valence-electron chi connectivity index (χ1n) is 10.7. The molecule has 1 amide bonds. The zero-order valence-electron chi connectivity index (χ0n) is 19.7.